The molecule has 1 aromatic heterocycles. The van der Waals surface area contributed by atoms with Crippen LogP contribution in [0.25, 0.3) is 11.0 Å². The van der Waals surface area contributed by atoms with E-state index < -0.39 is 12.5 Å². The van der Waals surface area contributed by atoms with Gasteiger partial charge in [-0.3, -0.25) is 4.57 Å². The van der Waals surface area contributed by atoms with Crippen LogP contribution in [0.1, 0.15) is 12.4 Å². The second kappa shape index (κ2) is 7.81. The first-order chi connectivity index (χ1) is 12.6. The zero-order chi connectivity index (χ0) is 18.5. The lowest BCUT2D eigenvalue weighted by Crippen LogP contribution is -2.16. The average Bonchev–Trinajstić information content (AvgIpc) is 3.03. The van der Waals surface area contributed by atoms with Crippen molar-refractivity contribution in [1.29, 1.82) is 0 Å². The molecule has 6 nitrogen and oxygen atoms in total. The molecule has 0 bridgehead atoms. The minimum atomic E-state index is -2.79. The highest BCUT2D eigenvalue weighted by atomic mass is 19.3. The fourth-order valence-electron chi connectivity index (χ4n) is 2.41. The van der Waals surface area contributed by atoms with Gasteiger partial charge in [-0.1, -0.05) is 12.1 Å². The lowest BCUT2D eigenvalue weighted by atomic mass is 10.3. The van der Waals surface area contributed by atoms with Crippen LogP contribution in [0.3, 0.4) is 0 Å². The Morgan fingerprint density at radius 3 is 2.50 bits per heavy atom. The normalized spacial score (nSPS) is 10.9. The molecule has 0 N–H and O–H groups in total. The summed E-state index contributed by atoms with van der Waals surface area (Å²) in [5.74, 6) is 0.404. The van der Waals surface area contributed by atoms with Gasteiger partial charge in [-0.2, -0.15) is 8.78 Å². The number of methoxy groups -OCH3 is 1. The average molecular weight is 362 g/mol. The maximum absolute atomic E-state index is 13.3. The molecule has 0 fully saturated rings. The first-order valence-electron chi connectivity index (χ1n) is 7.75. The van der Waals surface area contributed by atoms with Crippen LogP contribution in [0.2, 0.25) is 0 Å². The Bertz CT molecular complexity index is 894. The highest BCUT2D eigenvalue weighted by molar-refractivity contribution is 5.76. The molecule has 0 aliphatic heterocycles. The lowest BCUT2D eigenvalue weighted by molar-refractivity contribution is -0.147. The quantitative estimate of drug-likeness (QED) is 0.602. The number of fused-ring (bicyclic) bond motifs is 1. The van der Waals surface area contributed by atoms with Crippen molar-refractivity contribution in [1.82, 2.24) is 9.55 Å². The third kappa shape index (κ3) is 3.90. The predicted molar refractivity (Wildman–Crippen MR) is 89.3 cm³/mol. The van der Waals surface area contributed by atoms with Crippen molar-refractivity contribution in [3.8, 4) is 11.5 Å². The Labute approximate surface area is 147 Å². The maximum Gasteiger partial charge on any atom is 0.344 e. The Kier molecular flexibility index (Phi) is 5.31. The third-order valence-corrected chi connectivity index (χ3v) is 3.64. The van der Waals surface area contributed by atoms with Gasteiger partial charge in [0.25, 0.3) is 0 Å². The number of halogens is 2. The second-order valence-corrected chi connectivity index (χ2v) is 5.29. The lowest BCUT2D eigenvalue weighted by Gasteiger charge is -2.09. The van der Waals surface area contributed by atoms with Crippen LogP contribution in [0.4, 0.5) is 8.78 Å². The van der Waals surface area contributed by atoms with E-state index in [-0.39, 0.29) is 24.6 Å². The molecular formula is C18H16F2N2O4. The predicted octanol–water partition coefficient (Wildman–Crippen LogP) is 3.56. The van der Waals surface area contributed by atoms with Gasteiger partial charge in [0, 0.05) is 0 Å². The van der Waals surface area contributed by atoms with Crippen LogP contribution in [0.5, 0.6) is 11.5 Å². The number of ether oxygens (including phenoxy) is 3. The van der Waals surface area contributed by atoms with Gasteiger partial charge < -0.3 is 14.2 Å². The standard InChI is InChI=1S/C18H16F2N2O4/c1-24-12-6-8-13(9-7-12)25-11-17(23)26-10-16-21-14-4-2-3-5-15(14)22(16)18(19)20/h2-9,18H,10-11H2,1H3. The second-order valence-electron chi connectivity index (χ2n) is 5.29. The van der Waals surface area contributed by atoms with Crippen molar-refractivity contribution in [2.45, 2.75) is 13.2 Å². The van der Waals surface area contributed by atoms with Gasteiger partial charge in [0.05, 0.1) is 18.1 Å². The van der Waals surface area contributed by atoms with E-state index in [0.717, 1.165) is 4.57 Å². The van der Waals surface area contributed by atoms with Crippen LogP contribution < -0.4 is 9.47 Å². The van der Waals surface area contributed by atoms with E-state index in [9.17, 15) is 13.6 Å². The molecule has 3 rings (SSSR count). The van der Waals surface area contributed by atoms with Gasteiger partial charge in [-0.15, -0.1) is 0 Å². The summed E-state index contributed by atoms with van der Waals surface area (Å²) in [6.07, 6.45) is 0. The van der Waals surface area contributed by atoms with Gasteiger partial charge in [0.15, 0.2) is 12.4 Å². The van der Waals surface area contributed by atoms with Gasteiger partial charge >= 0.3 is 12.5 Å². The van der Waals surface area contributed by atoms with E-state index in [2.05, 4.69) is 4.98 Å². The molecule has 0 atom stereocenters. The molecule has 26 heavy (non-hydrogen) atoms. The molecule has 136 valence electrons. The fourth-order valence-corrected chi connectivity index (χ4v) is 2.41. The van der Waals surface area contributed by atoms with E-state index in [4.69, 9.17) is 14.2 Å². The van der Waals surface area contributed by atoms with Crippen molar-refractivity contribution < 1.29 is 27.8 Å². The van der Waals surface area contributed by atoms with E-state index in [1.807, 2.05) is 0 Å². The van der Waals surface area contributed by atoms with Crippen molar-refractivity contribution in [2.75, 3.05) is 13.7 Å². The van der Waals surface area contributed by atoms with Crippen molar-refractivity contribution >= 4 is 17.0 Å². The summed E-state index contributed by atoms with van der Waals surface area (Å²) >= 11 is 0. The zero-order valence-corrected chi connectivity index (χ0v) is 13.9. The summed E-state index contributed by atoms with van der Waals surface area (Å²) in [6, 6.07) is 13.1. The summed E-state index contributed by atoms with van der Waals surface area (Å²) in [7, 11) is 1.54. The SMILES string of the molecule is COc1ccc(OCC(=O)OCc2nc3ccccc3n2C(F)F)cc1. The molecule has 0 unspecified atom stereocenters. The summed E-state index contributed by atoms with van der Waals surface area (Å²) < 4.78 is 42.6. The zero-order valence-electron chi connectivity index (χ0n) is 13.9. The first-order valence-corrected chi connectivity index (χ1v) is 7.75. The van der Waals surface area contributed by atoms with E-state index in [1.54, 1.807) is 49.6 Å². The Morgan fingerprint density at radius 2 is 1.81 bits per heavy atom. The number of para-hydroxylation sites is 2. The Hall–Kier alpha value is -3.16. The minimum absolute atomic E-state index is 0.0287. The molecular weight excluding hydrogens is 346 g/mol. The van der Waals surface area contributed by atoms with Crippen LogP contribution in [0.15, 0.2) is 48.5 Å². The molecule has 0 spiro atoms. The number of hydrogen-bond acceptors (Lipinski definition) is 5. The number of carbonyl (C=O) groups excluding carboxylic acids is 1. The highest BCUT2D eigenvalue weighted by Gasteiger charge is 2.18. The first kappa shape index (κ1) is 17.7. The van der Waals surface area contributed by atoms with Gasteiger partial charge in [0.2, 0.25) is 0 Å². The number of carbonyl (C=O) groups is 1. The summed E-state index contributed by atoms with van der Waals surface area (Å²) in [4.78, 5) is 15.9. The molecule has 2 aromatic carbocycles. The number of rotatable bonds is 7. The maximum atomic E-state index is 13.3. The Balaban J connectivity index is 1.60. The summed E-state index contributed by atoms with van der Waals surface area (Å²) in [5, 5.41) is 0. The highest BCUT2D eigenvalue weighted by Crippen LogP contribution is 2.23. The van der Waals surface area contributed by atoms with E-state index in [1.165, 1.54) is 6.07 Å². The molecule has 0 aliphatic rings. The summed E-state index contributed by atoms with van der Waals surface area (Å²) in [5.41, 5.74) is 0.691. The molecule has 3 aromatic rings. The van der Waals surface area contributed by atoms with Gasteiger partial charge in [0.1, 0.15) is 18.1 Å². The molecule has 0 aliphatic carbocycles. The molecule has 0 radical (unpaired) electrons. The number of benzene rings is 2. The number of nitrogens with zero attached hydrogens (tertiary/aromatic N) is 2. The summed E-state index contributed by atoms with van der Waals surface area (Å²) in [6.45, 7) is -3.50. The van der Waals surface area contributed by atoms with Crippen LogP contribution in [-0.4, -0.2) is 29.2 Å². The van der Waals surface area contributed by atoms with Crippen molar-refractivity contribution in [2.24, 2.45) is 0 Å². The van der Waals surface area contributed by atoms with Gasteiger partial charge in [-0.05, 0) is 36.4 Å². The van der Waals surface area contributed by atoms with Crippen LogP contribution in [-0.2, 0) is 16.1 Å². The Morgan fingerprint density at radius 1 is 1.12 bits per heavy atom. The number of alkyl halides is 2. The van der Waals surface area contributed by atoms with E-state index >= 15 is 0 Å². The smallest absolute Gasteiger partial charge is 0.344 e. The van der Waals surface area contributed by atoms with Gasteiger partial charge in [-0.25, -0.2) is 9.78 Å². The number of esters is 1. The van der Waals surface area contributed by atoms with E-state index in [0.29, 0.717) is 17.0 Å². The number of aromatic nitrogens is 2. The van der Waals surface area contributed by atoms with Crippen LogP contribution in [0, 0.1) is 0 Å². The molecule has 0 amide bonds. The third-order valence-electron chi connectivity index (χ3n) is 3.64. The largest absolute Gasteiger partial charge is 0.497 e. The van der Waals surface area contributed by atoms with Crippen LogP contribution >= 0.6 is 0 Å². The monoisotopic (exact) mass is 362 g/mol. The van der Waals surface area contributed by atoms with Crippen molar-refractivity contribution in [3.63, 3.8) is 0 Å². The molecule has 8 heteroatoms. The number of hydrogen-bond donors (Lipinski definition) is 0. The molecule has 1 heterocycles. The molecule has 0 saturated carbocycles. The van der Waals surface area contributed by atoms with Crippen molar-refractivity contribution in [3.05, 3.63) is 54.4 Å². The number of imidazole rings is 1. The topological polar surface area (TPSA) is 62.6 Å². The molecule has 0 saturated heterocycles. The fraction of sp³-hybridized carbons (Fsp3) is 0.222. The minimum Gasteiger partial charge on any atom is -0.497 e.